The third-order valence-electron chi connectivity index (χ3n) is 10.5. The van der Waals surface area contributed by atoms with Crippen LogP contribution in [0.1, 0.15) is 76.9 Å². The highest BCUT2D eigenvalue weighted by molar-refractivity contribution is 6.31. The first-order valence-corrected chi connectivity index (χ1v) is 20.2. The zero-order valence-corrected chi connectivity index (χ0v) is 35.2. The van der Waals surface area contributed by atoms with E-state index in [1.807, 2.05) is 83.6 Å². The fourth-order valence-corrected chi connectivity index (χ4v) is 7.80. The van der Waals surface area contributed by atoms with Crippen LogP contribution in [0, 0.1) is 13.8 Å². The number of methoxy groups -OCH3 is 2. The van der Waals surface area contributed by atoms with Gasteiger partial charge in [-0.15, -0.1) is 20.4 Å². The largest absolute Gasteiger partial charge is 0.497 e. The third-order valence-corrected chi connectivity index (χ3v) is 11.0. The molecule has 0 saturated carbocycles. The molecule has 0 saturated heterocycles. The SMILES string of the molecule is COc1ccc2c(c1)C(c1ccc(Cl)cc1)=N[C@H](CC(=O)NCCC(=O)CNC(=O)C[C@H]1N=C(c3ccc(Cl)cc3)c3c(OC)cccc3-n3c(C)nnc31)c1nnc(C)n1-2. The van der Waals surface area contributed by atoms with Gasteiger partial charge in [0.2, 0.25) is 11.8 Å². The van der Waals surface area contributed by atoms with E-state index in [1.54, 1.807) is 38.5 Å². The fraction of sp³-hybridized carbons (Fsp3) is 0.250. The molecule has 2 amide bonds. The first kappa shape index (κ1) is 41.0. The molecule has 0 bridgehead atoms. The second-order valence-corrected chi connectivity index (χ2v) is 15.3. The van der Waals surface area contributed by atoms with Crippen LogP contribution >= 0.6 is 23.2 Å². The van der Waals surface area contributed by atoms with Gasteiger partial charge in [-0.1, -0.05) is 53.5 Å². The lowest BCUT2D eigenvalue weighted by Gasteiger charge is -2.16. The smallest absolute Gasteiger partial charge is 0.222 e. The van der Waals surface area contributed by atoms with Crippen molar-refractivity contribution in [3.63, 3.8) is 0 Å². The lowest BCUT2D eigenvalue weighted by Crippen LogP contribution is -2.33. The molecule has 6 aromatic rings. The van der Waals surface area contributed by atoms with Crippen molar-refractivity contribution < 1.29 is 23.9 Å². The Kier molecular flexibility index (Phi) is 11.8. The number of ketones is 1. The van der Waals surface area contributed by atoms with E-state index in [2.05, 4.69) is 31.0 Å². The second kappa shape index (κ2) is 17.5. The summed E-state index contributed by atoms with van der Waals surface area (Å²) in [5, 5.41) is 24.2. The van der Waals surface area contributed by atoms with Crippen molar-refractivity contribution in [1.82, 2.24) is 40.2 Å². The van der Waals surface area contributed by atoms with Gasteiger partial charge < -0.3 is 20.1 Å². The molecule has 0 fully saturated rings. The van der Waals surface area contributed by atoms with Crippen LogP contribution in [0.2, 0.25) is 10.0 Å². The molecule has 8 rings (SSSR count). The van der Waals surface area contributed by atoms with Crippen molar-refractivity contribution in [2.45, 2.75) is 45.2 Å². The number of aliphatic imine (C=N–C) groups is 2. The summed E-state index contributed by atoms with van der Waals surface area (Å²) in [6.45, 7) is 3.48. The number of fused-ring (bicyclic) bond motifs is 6. The van der Waals surface area contributed by atoms with Crippen molar-refractivity contribution in [2.75, 3.05) is 27.3 Å². The van der Waals surface area contributed by atoms with Crippen LogP contribution in [0.3, 0.4) is 0 Å². The molecule has 61 heavy (non-hydrogen) atoms. The predicted molar refractivity (Wildman–Crippen MR) is 230 cm³/mol. The number of aryl methyl sites for hydroxylation is 2. The van der Waals surface area contributed by atoms with Gasteiger partial charge in [-0.3, -0.25) is 33.5 Å². The first-order chi connectivity index (χ1) is 29.5. The zero-order chi connectivity index (χ0) is 42.8. The van der Waals surface area contributed by atoms with Gasteiger partial charge in [0, 0.05) is 39.7 Å². The number of hydrogen-bond donors (Lipinski definition) is 2. The maximum absolute atomic E-state index is 13.5. The van der Waals surface area contributed by atoms with Gasteiger partial charge >= 0.3 is 0 Å². The van der Waals surface area contributed by atoms with Gasteiger partial charge in [-0.25, -0.2) is 0 Å². The summed E-state index contributed by atoms with van der Waals surface area (Å²) in [5.41, 5.74) is 5.82. The Bertz CT molecular complexity index is 2730. The van der Waals surface area contributed by atoms with Crippen LogP contribution in [-0.4, -0.2) is 85.9 Å². The fourth-order valence-electron chi connectivity index (χ4n) is 7.55. The number of ether oxygens (including phenoxy) is 2. The molecule has 0 unspecified atom stereocenters. The summed E-state index contributed by atoms with van der Waals surface area (Å²) >= 11 is 12.5. The molecule has 310 valence electrons. The van der Waals surface area contributed by atoms with Crippen molar-refractivity contribution in [3.05, 3.63) is 141 Å². The number of Topliss-reactive ketones (excluding diaryl/α,β-unsaturated/α-hetero) is 1. The molecule has 2 N–H and O–H groups in total. The van der Waals surface area contributed by atoms with Crippen molar-refractivity contribution in [1.29, 1.82) is 0 Å². The summed E-state index contributed by atoms with van der Waals surface area (Å²) in [4.78, 5) is 50.2. The molecule has 2 aromatic heterocycles. The van der Waals surface area contributed by atoms with E-state index < -0.39 is 18.0 Å². The zero-order valence-electron chi connectivity index (χ0n) is 33.6. The van der Waals surface area contributed by atoms with Gasteiger partial charge in [0.15, 0.2) is 17.4 Å². The normalized spacial score (nSPS) is 15.1. The monoisotopic (exact) mass is 858 g/mol. The third kappa shape index (κ3) is 8.39. The maximum atomic E-state index is 13.5. The summed E-state index contributed by atoms with van der Waals surface area (Å²) in [6, 6.07) is 24.4. The topological polar surface area (TPSA) is 180 Å². The van der Waals surface area contributed by atoms with Crippen molar-refractivity contribution >= 4 is 52.2 Å². The number of carbonyl (C=O) groups excluding carboxylic acids is 3. The molecular weight excluding hydrogens is 819 g/mol. The maximum Gasteiger partial charge on any atom is 0.222 e. The average Bonchev–Trinajstić information content (AvgIpc) is 3.76. The Hall–Kier alpha value is -6.71. The molecular formula is C44H40Cl2N10O5. The minimum atomic E-state index is -0.755. The van der Waals surface area contributed by atoms with E-state index in [1.165, 1.54) is 0 Å². The lowest BCUT2D eigenvalue weighted by molar-refractivity contribution is -0.125. The van der Waals surface area contributed by atoms with E-state index in [9.17, 15) is 14.4 Å². The van der Waals surface area contributed by atoms with Gasteiger partial charge in [0.25, 0.3) is 0 Å². The number of nitrogens with one attached hydrogen (secondary N) is 2. The minimum absolute atomic E-state index is 0.0125. The molecule has 0 radical (unpaired) electrons. The molecule has 15 nitrogen and oxygen atoms in total. The van der Waals surface area contributed by atoms with Crippen LogP contribution in [-0.2, 0) is 14.4 Å². The molecule has 0 spiro atoms. The first-order valence-electron chi connectivity index (χ1n) is 19.5. The summed E-state index contributed by atoms with van der Waals surface area (Å²) in [7, 11) is 3.18. The average molecular weight is 860 g/mol. The highest BCUT2D eigenvalue weighted by atomic mass is 35.5. The van der Waals surface area contributed by atoms with E-state index in [0.717, 1.165) is 28.1 Å². The highest BCUT2D eigenvalue weighted by Gasteiger charge is 2.33. The van der Waals surface area contributed by atoms with Crippen LogP contribution in [0.15, 0.2) is 94.9 Å². The Balaban J connectivity index is 0.935. The Labute approximate surface area is 360 Å². The van der Waals surface area contributed by atoms with Gasteiger partial charge in [-0.2, -0.15) is 0 Å². The summed E-state index contributed by atoms with van der Waals surface area (Å²) in [5.74, 6) is 2.40. The predicted octanol–water partition coefficient (Wildman–Crippen LogP) is 6.25. The van der Waals surface area contributed by atoms with E-state index in [-0.39, 0.29) is 44.0 Å². The number of rotatable bonds is 13. The molecule has 0 aliphatic carbocycles. The standard InChI is InChI=1S/C44H40Cl2N10O5/c1-24-51-53-43-33(49-41(26-8-12-28(45)13-9-26)32-20-31(60-3)16-17-35(32)55(24)43)21-38(58)47-19-18-30(57)23-48-39(59)22-34-44-54-52-25(2)56(44)36-6-5-7-37(61-4)40(36)42(50-34)27-10-14-29(46)15-11-27/h5-17,20,33-34H,18-19,21-23H2,1-4H3,(H,47,58)(H,48,59)/t33-,34-/m1/s1. The Morgan fingerprint density at radius 1 is 0.672 bits per heavy atom. The Morgan fingerprint density at radius 3 is 1.85 bits per heavy atom. The number of carbonyl (C=O) groups is 3. The number of benzene rings is 4. The number of nitrogens with zero attached hydrogens (tertiary/aromatic N) is 8. The van der Waals surface area contributed by atoms with Crippen LogP contribution in [0.5, 0.6) is 11.5 Å². The van der Waals surface area contributed by atoms with E-state index in [4.69, 9.17) is 42.7 Å². The van der Waals surface area contributed by atoms with Crippen LogP contribution < -0.4 is 20.1 Å². The van der Waals surface area contributed by atoms with Gasteiger partial charge in [-0.05, 0) is 68.4 Å². The van der Waals surface area contributed by atoms with E-state index >= 15 is 0 Å². The van der Waals surface area contributed by atoms with Crippen LogP contribution in [0.25, 0.3) is 11.4 Å². The number of aromatic nitrogens is 6. The highest BCUT2D eigenvalue weighted by Crippen LogP contribution is 2.38. The van der Waals surface area contributed by atoms with Crippen LogP contribution in [0.4, 0.5) is 0 Å². The van der Waals surface area contributed by atoms with Gasteiger partial charge in [0.1, 0.15) is 35.2 Å². The molecule has 2 atom stereocenters. The Morgan fingerprint density at radius 2 is 1.25 bits per heavy atom. The quantitative estimate of drug-likeness (QED) is 0.136. The minimum Gasteiger partial charge on any atom is -0.497 e. The molecule has 17 heteroatoms. The summed E-state index contributed by atoms with van der Waals surface area (Å²) < 4.78 is 15.1. The number of halogens is 2. The second-order valence-electron chi connectivity index (χ2n) is 14.4. The molecule has 2 aliphatic heterocycles. The van der Waals surface area contributed by atoms with Crippen molar-refractivity contribution in [3.8, 4) is 22.9 Å². The molecule has 4 aromatic carbocycles. The van der Waals surface area contributed by atoms with Crippen molar-refractivity contribution in [2.24, 2.45) is 9.98 Å². The van der Waals surface area contributed by atoms with Gasteiger partial charge in [0.05, 0.1) is 62.0 Å². The van der Waals surface area contributed by atoms with E-state index in [0.29, 0.717) is 61.8 Å². The molecule has 4 heterocycles. The lowest BCUT2D eigenvalue weighted by atomic mass is 9.99. The summed E-state index contributed by atoms with van der Waals surface area (Å²) in [6.07, 6.45) is -0.192. The number of hydrogen-bond acceptors (Lipinski definition) is 11. The number of amides is 2. The molecule has 2 aliphatic rings.